The minimum absolute atomic E-state index is 0.0936. The highest BCUT2D eigenvalue weighted by atomic mass is 16.1. The molecule has 0 saturated heterocycles. The Hall–Kier alpha value is -0.830. The molecule has 0 saturated carbocycles. The topological polar surface area (TPSA) is 41.1 Å². The van der Waals surface area contributed by atoms with E-state index in [1.165, 1.54) is 18.4 Å². The molecule has 0 aromatic carbocycles. The Morgan fingerprint density at radius 2 is 2.24 bits per heavy atom. The zero-order valence-corrected chi connectivity index (χ0v) is 11.5. The molecule has 17 heavy (non-hydrogen) atoms. The first-order chi connectivity index (χ1) is 7.97. The SMILES string of the molecule is CC1=CC(C)CC(CNCC(=O)NC(C)C)C1. The van der Waals surface area contributed by atoms with E-state index in [9.17, 15) is 4.79 Å². The van der Waals surface area contributed by atoms with Gasteiger partial charge in [0, 0.05) is 6.04 Å². The van der Waals surface area contributed by atoms with Gasteiger partial charge in [-0.1, -0.05) is 18.6 Å². The number of carbonyl (C=O) groups is 1. The summed E-state index contributed by atoms with van der Waals surface area (Å²) < 4.78 is 0. The fourth-order valence-corrected chi connectivity index (χ4v) is 2.60. The first-order valence-electron chi connectivity index (χ1n) is 6.64. The van der Waals surface area contributed by atoms with Crippen LogP contribution in [0, 0.1) is 11.8 Å². The molecule has 1 aliphatic rings. The van der Waals surface area contributed by atoms with Crippen molar-refractivity contribution < 1.29 is 4.79 Å². The normalized spacial score (nSPS) is 24.6. The molecule has 2 atom stereocenters. The summed E-state index contributed by atoms with van der Waals surface area (Å²) in [5, 5.41) is 6.15. The van der Waals surface area contributed by atoms with Crippen molar-refractivity contribution in [2.45, 2.75) is 46.6 Å². The third-order valence-electron chi connectivity index (χ3n) is 3.05. The van der Waals surface area contributed by atoms with E-state index in [0.717, 1.165) is 6.54 Å². The Morgan fingerprint density at radius 1 is 1.53 bits per heavy atom. The van der Waals surface area contributed by atoms with Crippen molar-refractivity contribution in [1.82, 2.24) is 10.6 Å². The lowest BCUT2D eigenvalue weighted by atomic mass is 9.84. The van der Waals surface area contributed by atoms with Gasteiger partial charge in [-0.3, -0.25) is 4.79 Å². The zero-order valence-electron chi connectivity index (χ0n) is 11.5. The van der Waals surface area contributed by atoms with E-state index in [4.69, 9.17) is 0 Å². The zero-order chi connectivity index (χ0) is 12.8. The van der Waals surface area contributed by atoms with Crippen LogP contribution in [0.1, 0.15) is 40.5 Å². The lowest BCUT2D eigenvalue weighted by Crippen LogP contribution is -2.39. The standard InChI is InChI=1S/C14H26N2O/c1-10(2)16-14(17)9-15-8-13-6-11(3)5-12(4)7-13/h5,10-11,13,15H,6-9H2,1-4H3,(H,16,17). The highest BCUT2D eigenvalue weighted by Crippen LogP contribution is 2.26. The van der Waals surface area contributed by atoms with Gasteiger partial charge in [0.2, 0.25) is 5.91 Å². The van der Waals surface area contributed by atoms with Crippen molar-refractivity contribution in [3.05, 3.63) is 11.6 Å². The minimum atomic E-state index is 0.0936. The number of nitrogens with one attached hydrogen (secondary N) is 2. The Balaban J connectivity index is 2.19. The van der Waals surface area contributed by atoms with Crippen LogP contribution in [-0.4, -0.2) is 25.0 Å². The van der Waals surface area contributed by atoms with Gasteiger partial charge in [-0.25, -0.2) is 0 Å². The molecule has 1 aliphatic carbocycles. The molecular weight excluding hydrogens is 212 g/mol. The van der Waals surface area contributed by atoms with E-state index in [1.54, 1.807) is 0 Å². The number of hydrogen-bond acceptors (Lipinski definition) is 2. The predicted octanol–water partition coefficient (Wildman–Crippen LogP) is 2.09. The van der Waals surface area contributed by atoms with Crippen LogP contribution in [0.5, 0.6) is 0 Å². The van der Waals surface area contributed by atoms with Gasteiger partial charge in [-0.2, -0.15) is 0 Å². The van der Waals surface area contributed by atoms with Gasteiger partial charge in [-0.15, -0.1) is 0 Å². The average molecular weight is 238 g/mol. The maximum absolute atomic E-state index is 11.4. The third-order valence-corrected chi connectivity index (χ3v) is 3.05. The molecule has 0 spiro atoms. The Morgan fingerprint density at radius 3 is 2.82 bits per heavy atom. The monoisotopic (exact) mass is 238 g/mol. The lowest BCUT2D eigenvalue weighted by molar-refractivity contribution is -0.120. The first kappa shape index (κ1) is 14.2. The van der Waals surface area contributed by atoms with Gasteiger partial charge < -0.3 is 10.6 Å². The van der Waals surface area contributed by atoms with Crippen LogP contribution in [-0.2, 0) is 4.79 Å². The summed E-state index contributed by atoms with van der Waals surface area (Å²) in [4.78, 5) is 11.4. The van der Waals surface area contributed by atoms with E-state index in [1.807, 2.05) is 13.8 Å². The van der Waals surface area contributed by atoms with Crippen LogP contribution in [0.4, 0.5) is 0 Å². The quantitative estimate of drug-likeness (QED) is 0.720. The number of amides is 1. The third kappa shape index (κ3) is 5.87. The summed E-state index contributed by atoms with van der Waals surface area (Å²) in [6.45, 7) is 9.81. The summed E-state index contributed by atoms with van der Waals surface area (Å²) in [5.41, 5.74) is 1.49. The number of rotatable bonds is 5. The molecule has 0 heterocycles. The van der Waals surface area contributed by atoms with Gasteiger partial charge in [-0.05, 0) is 52.0 Å². The molecule has 0 aromatic heterocycles. The van der Waals surface area contributed by atoms with Gasteiger partial charge in [0.15, 0.2) is 0 Å². The second kappa shape index (κ2) is 6.80. The minimum Gasteiger partial charge on any atom is -0.353 e. The molecule has 1 amide bonds. The largest absolute Gasteiger partial charge is 0.353 e. The number of hydrogen-bond donors (Lipinski definition) is 2. The van der Waals surface area contributed by atoms with Gasteiger partial charge in [0.1, 0.15) is 0 Å². The predicted molar refractivity (Wildman–Crippen MR) is 71.8 cm³/mol. The van der Waals surface area contributed by atoms with E-state index in [0.29, 0.717) is 18.4 Å². The molecule has 3 heteroatoms. The molecular formula is C14H26N2O. The summed E-state index contributed by atoms with van der Waals surface area (Å²) in [5.74, 6) is 1.46. The molecule has 2 unspecified atom stereocenters. The van der Waals surface area contributed by atoms with Gasteiger partial charge in [0.05, 0.1) is 6.54 Å². The number of carbonyl (C=O) groups excluding carboxylic acids is 1. The Bertz CT molecular complexity index is 284. The molecule has 0 radical (unpaired) electrons. The second-order valence-electron chi connectivity index (χ2n) is 5.65. The fourth-order valence-electron chi connectivity index (χ4n) is 2.60. The van der Waals surface area contributed by atoms with Crippen molar-refractivity contribution in [1.29, 1.82) is 0 Å². The van der Waals surface area contributed by atoms with E-state index in [-0.39, 0.29) is 11.9 Å². The van der Waals surface area contributed by atoms with E-state index >= 15 is 0 Å². The summed E-state index contributed by atoms with van der Waals surface area (Å²) in [7, 11) is 0. The van der Waals surface area contributed by atoms with Crippen LogP contribution in [0.2, 0.25) is 0 Å². The Kier molecular flexibility index (Phi) is 5.69. The molecule has 0 aromatic rings. The van der Waals surface area contributed by atoms with Crippen molar-refractivity contribution in [3.8, 4) is 0 Å². The van der Waals surface area contributed by atoms with E-state index < -0.39 is 0 Å². The highest BCUT2D eigenvalue weighted by molar-refractivity contribution is 5.78. The molecule has 0 fully saturated rings. The maximum atomic E-state index is 11.4. The summed E-state index contributed by atoms with van der Waals surface area (Å²) >= 11 is 0. The molecule has 0 aliphatic heterocycles. The van der Waals surface area contributed by atoms with Gasteiger partial charge >= 0.3 is 0 Å². The van der Waals surface area contributed by atoms with Crippen LogP contribution in [0.3, 0.4) is 0 Å². The lowest BCUT2D eigenvalue weighted by Gasteiger charge is -2.25. The number of allylic oxidation sites excluding steroid dienone is 2. The second-order valence-corrected chi connectivity index (χ2v) is 5.65. The maximum Gasteiger partial charge on any atom is 0.234 e. The van der Waals surface area contributed by atoms with Crippen LogP contribution >= 0.6 is 0 Å². The fraction of sp³-hybridized carbons (Fsp3) is 0.786. The Labute approximate surface area is 105 Å². The van der Waals surface area contributed by atoms with Crippen LogP contribution in [0.25, 0.3) is 0 Å². The summed E-state index contributed by atoms with van der Waals surface area (Å²) in [6.07, 6.45) is 4.77. The highest BCUT2D eigenvalue weighted by Gasteiger charge is 2.17. The van der Waals surface area contributed by atoms with Crippen LogP contribution < -0.4 is 10.6 Å². The average Bonchev–Trinajstić information content (AvgIpc) is 2.14. The smallest absolute Gasteiger partial charge is 0.234 e. The van der Waals surface area contributed by atoms with E-state index in [2.05, 4.69) is 30.6 Å². The summed E-state index contributed by atoms with van der Waals surface area (Å²) in [6, 6.07) is 0.226. The first-order valence-corrected chi connectivity index (χ1v) is 6.64. The molecule has 0 bridgehead atoms. The molecule has 1 rings (SSSR count). The van der Waals surface area contributed by atoms with Gasteiger partial charge in [0.25, 0.3) is 0 Å². The van der Waals surface area contributed by atoms with Crippen molar-refractivity contribution in [3.63, 3.8) is 0 Å². The van der Waals surface area contributed by atoms with Crippen LogP contribution in [0.15, 0.2) is 11.6 Å². The molecule has 2 N–H and O–H groups in total. The molecule has 3 nitrogen and oxygen atoms in total. The van der Waals surface area contributed by atoms with Crippen molar-refractivity contribution in [2.75, 3.05) is 13.1 Å². The van der Waals surface area contributed by atoms with Crippen molar-refractivity contribution in [2.24, 2.45) is 11.8 Å². The molecule has 98 valence electrons. The van der Waals surface area contributed by atoms with Crippen molar-refractivity contribution >= 4 is 5.91 Å².